The fourth-order valence-electron chi connectivity index (χ4n) is 1.77. The molecule has 0 radical (unpaired) electrons. The lowest BCUT2D eigenvalue weighted by Crippen LogP contribution is -1.98. The van der Waals surface area contributed by atoms with E-state index >= 15 is 0 Å². The van der Waals surface area contributed by atoms with Crippen LogP contribution in [0.3, 0.4) is 0 Å². The van der Waals surface area contributed by atoms with Crippen LogP contribution in [-0.2, 0) is 13.0 Å². The smallest absolute Gasteiger partial charge is 0.122 e. The summed E-state index contributed by atoms with van der Waals surface area (Å²) in [7, 11) is 0. The zero-order chi connectivity index (χ0) is 12.8. The molecule has 0 saturated heterocycles. The van der Waals surface area contributed by atoms with Gasteiger partial charge in [-0.05, 0) is 35.7 Å². The normalized spacial score (nSPS) is 9.78. The molecule has 2 heteroatoms. The van der Waals surface area contributed by atoms with Gasteiger partial charge in [0.05, 0.1) is 11.6 Å². The van der Waals surface area contributed by atoms with E-state index in [9.17, 15) is 0 Å². The highest BCUT2D eigenvalue weighted by Crippen LogP contribution is 2.19. The quantitative estimate of drug-likeness (QED) is 0.812. The van der Waals surface area contributed by atoms with Crippen LogP contribution in [0, 0.1) is 11.3 Å². The number of hydrogen-bond donors (Lipinski definition) is 0. The number of para-hydroxylation sites is 1. The fraction of sp³-hybridized carbons (Fsp3) is 0.188. The van der Waals surface area contributed by atoms with E-state index in [1.54, 1.807) is 0 Å². The molecule has 0 aliphatic carbocycles. The van der Waals surface area contributed by atoms with Gasteiger partial charge in [0.1, 0.15) is 12.4 Å². The standard InChI is InChI=1S/C16H15NO/c1-2-15-5-3-4-6-16(15)18-12-14-9-7-13(11-17)8-10-14/h3-10H,2,12H2,1H3. The molecule has 2 aromatic rings. The number of rotatable bonds is 4. The Bertz CT molecular complexity index is 552. The van der Waals surface area contributed by atoms with Gasteiger partial charge in [0, 0.05) is 0 Å². The highest BCUT2D eigenvalue weighted by atomic mass is 16.5. The van der Waals surface area contributed by atoms with Crippen molar-refractivity contribution < 1.29 is 4.74 Å². The van der Waals surface area contributed by atoms with Crippen LogP contribution in [0.15, 0.2) is 48.5 Å². The minimum atomic E-state index is 0.530. The van der Waals surface area contributed by atoms with Crippen LogP contribution in [-0.4, -0.2) is 0 Å². The summed E-state index contributed by atoms with van der Waals surface area (Å²) >= 11 is 0. The van der Waals surface area contributed by atoms with Crippen molar-refractivity contribution in [2.75, 3.05) is 0 Å². The lowest BCUT2D eigenvalue weighted by Gasteiger charge is -2.10. The summed E-state index contributed by atoms with van der Waals surface area (Å²) in [6, 6.07) is 17.6. The summed E-state index contributed by atoms with van der Waals surface area (Å²) in [5.74, 6) is 0.935. The zero-order valence-corrected chi connectivity index (χ0v) is 10.4. The highest BCUT2D eigenvalue weighted by Gasteiger charge is 2.01. The Kier molecular flexibility index (Phi) is 3.98. The van der Waals surface area contributed by atoms with E-state index < -0.39 is 0 Å². The zero-order valence-electron chi connectivity index (χ0n) is 10.4. The van der Waals surface area contributed by atoms with Crippen LogP contribution in [0.25, 0.3) is 0 Å². The van der Waals surface area contributed by atoms with Gasteiger partial charge in [-0.1, -0.05) is 37.3 Å². The van der Waals surface area contributed by atoms with Gasteiger partial charge in [-0.25, -0.2) is 0 Å². The van der Waals surface area contributed by atoms with Crippen molar-refractivity contribution in [2.24, 2.45) is 0 Å². The Hall–Kier alpha value is -2.27. The molecule has 0 amide bonds. The predicted molar refractivity (Wildman–Crippen MR) is 71.3 cm³/mol. The molecular weight excluding hydrogens is 222 g/mol. The van der Waals surface area contributed by atoms with Crippen LogP contribution in [0.5, 0.6) is 5.75 Å². The van der Waals surface area contributed by atoms with Gasteiger partial charge < -0.3 is 4.74 Å². The molecule has 0 fully saturated rings. The highest BCUT2D eigenvalue weighted by molar-refractivity contribution is 5.34. The van der Waals surface area contributed by atoms with E-state index in [0.29, 0.717) is 12.2 Å². The Labute approximate surface area is 107 Å². The first-order valence-corrected chi connectivity index (χ1v) is 6.03. The number of nitriles is 1. The third-order valence-electron chi connectivity index (χ3n) is 2.83. The molecule has 0 aliphatic rings. The molecule has 0 aliphatic heterocycles. The van der Waals surface area contributed by atoms with Gasteiger partial charge in [-0.15, -0.1) is 0 Å². The Morgan fingerprint density at radius 1 is 1.06 bits per heavy atom. The molecule has 0 bridgehead atoms. The van der Waals surface area contributed by atoms with Crippen LogP contribution >= 0.6 is 0 Å². The number of aryl methyl sites for hydroxylation is 1. The average molecular weight is 237 g/mol. The van der Waals surface area contributed by atoms with Crippen molar-refractivity contribution in [3.05, 3.63) is 65.2 Å². The molecule has 18 heavy (non-hydrogen) atoms. The second kappa shape index (κ2) is 5.88. The molecular formula is C16H15NO. The molecule has 90 valence electrons. The van der Waals surface area contributed by atoms with E-state index in [1.807, 2.05) is 42.5 Å². The second-order valence-electron chi connectivity index (χ2n) is 4.06. The van der Waals surface area contributed by atoms with Crippen LogP contribution in [0.1, 0.15) is 23.6 Å². The molecule has 2 aromatic carbocycles. The van der Waals surface area contributed by atoms with Gasteiger partial charge in [-0.3, -0.25) is 0 Å². The SMILES string of the molecule is CCc1ccccc1OCc1ccc(C#N)cc1. The van der Waals surface area contributed by atoms with Crippen molar-refractivity contribution in [2.45, 2.75) is 20.0 Å². The summed E-state index contributed by atoms with van der Waals surface area (Å²) in [4.78, 5) is 0. The minimum Gasteiger partial charge on any atom is -0.489 e. The second-order valence-corrected chi connectivity index (χ2v) is 4.06. The van der Waals surface area contributed by atoms with Gasteiger partial charge in [0.2, 0.25) is 0 Å². The van der Waals surface area contributed by atoms with Crippen LogP contribution in [0.2, 0.25) is 0 Å². The monoisotopic (exact) mass is 237 g/mol. The summed E-state index contributed by atoms with van der Waals surface area (Å²) in [6.45, 7) is 2.65. The molecule has 0 saturated carbocycles. The summed E-state index contributed by atoms with van der Waals surface area (Å²) in [5.41, 5.74) is 2.96. The molecule has 0 aromatic heterocycles. The van der Waals surface area contributed by atoms with Crippen molar-refractivity contribution in [3.63, 3.8) is 0 Å². The molecule has 0 heterocycles. The molecule has 0 N–H and O–H groups in total. The van der Waals surface area contributed by atoms with E-state index in [1.165, 1.54) is 5.56 Å². The largest absolute Gasteiger partial charge is 0.489 e. The van der Waals surface area contributed by atoms with E-state index in [0.717, 1.165) is 17.7 Å². The van der Waals surface area contributed by atoms with E-state index in [-0.39, 0.29) is 0 Å². The number of nitrogens with zero attached hydrogens (tertiary/aromatic N) is 1. The van der Waals surface area contributed by atoms with Gasteiger partial charge in [0.25, 0.3) is 0 Å². The Morgan fingerprint density at radius 2 is 1.78 bits per heavy atom. The van der Waals surface area contributed by atoms with E-state index in [4.69, 9.17) is 10.00 Å². The van der Waals surface area contributed by atoms with Crippen molar-refractivity contribution in [1.82, 2.24) is 0 Å². The van der Waals surface area contributed by atoms with E-state index in [2.05, 4.69) is 19.1 Å². The molecule has 2 nitrogen and oxygen atoms in total. The lowest BCUT2D eigenvalue weighted by molar-refractivity contribution is 0.303. The van der Waals surface area contributed by atoms with Crippen LogP contribution < -0.4 is 4.74 Å². The summed E-state index contributed by atoms with van der Waals surface area (Å²) in [6.07, 6.45) is 0.962. The third-order valence-corrected chi connectivity index (χ3v) is 2.83. The average Bonchev–Trinajstić information content (AvgIpc) is 2.46. The van der Waals surface area contributed by atoms with Crippen molar-refractivity contribution >= 4 is 0 Å². The molecule has 0 unspecified atom stereocenters. The van der Waals surface area contributed by atoms with Crippen molar-refractivity contribution in [1.29, 1.82) is 5.26 Å². The maximum Gasteiger partial charge on any atom is 0.122 e. The van der Waals surface area contributed by atoms with Gasteiger partial charge in [-0.2, -0.15) is 5.26 Å². The maximum absolute atomic E-state index is 8.72. The number of ether oxygens (including phenoxy) is 1. The third kappa shape index (κ3) is 2.89. The lowest BCUT2D eigenvalue weighted by atomic mass is 10.1. The topological polar surface area (TPSA) is 33.0 Å². The summed E-state index contributed by atoms with van der Waals surface area (Å²) < 4.78 is 5.80. The number of benzene rings is 2. The first-order chi connectivity index (χ1) is 8.83. The predicted octanol–water partition coefficient (Wildman–Crippen LogP) is 3.70. The summed E-state index contributed by atoms with van der Waals surface area (Å²) in [5, 5.41) is 8.72. The Balaban J connectivity index is 2.04. The first kappa shape index (κ1) is 12.2. The number of hydrogen-bond acceptors (Lipinski definition) is 2. The van der Waals surface area contributed by atoms with Gasteiger partial charge in [0.15, 0.2) is 0 Å². The van der Waals surface area contributed by atoms with Crippen molar-refractivity contribution in [3.8, 4) is 11.8 Å². The van der Waals surface area contributed by atoms with Crippen LogP contribution in [0.4, 0.5) is 0 Å². The molecule has 0 atom stereocenters. The first-order valence-electron chi connectivity index (χ1n) is 6.03. The maximum atomic E-state index is 8.72. The molecule has 2 rings (SSSR count). The fourth-order valence-corrected chi connectivity index (χ4v) is 1.77. The minimum absolute atomic E-state index is 0.530. The van der Waals surface area contributed by atoms with Gasteiger partial charge >= 0.3 is 0 Å². The Morgan fingerprint density at radius 3 is 2.44 bits per heavy atom. The molecule has 0 spiro atoms.